The van der Waals surface area contributed by atoms with Crippen LogP contribution in [0.4, 0.5) is 17.6 Å². The van der Waals surface area contributed by atoms with Gasteiger partial charge in [-0.1, -0.05) is 88.1 Å². The van der Waals surface area contributed by atoms with Crippen molar-refractivity contribution in [2.45, 2.75) is 103 Å². The van der Waals surface area contributed by atoms with Gasteiger partial charge in [-0.2, -0.15) is 4.39 Å². The smallest absolute Gasteiger partial charge is 0.422 e. The van der Waals surface area contributed by atoms with Crippen LogP contribution in [0.15, 0.2) is 59.5 Å². The zero-order valence-electron chi connectivity index (χ0n) is 24.8. The molecule has 0 unspecified atom stereocenters. The fourth-order valence-corrected chi connectivity index (χ4v) is 6.66. The SMILES string of the molecule is CCCC1CCC(c2ccc(/C(F)=C(\F)B(O)O)cc2)CC1.CCCC1CCC(c2ccc(/C(F)=C(\F)Cl)cc2)CC1. The van der Waals surface area contributed by atoms with E-state index in [0.29, 0.717) is 11.8 Å². The van der Waals surface area contributed by atoms with Gasteiger partial charge in [0.05, 0.1) is 0 Å². The van der Waals surface area contributed by atoms with Gasteiger partial charge in [-0.3, -0.25) is 0 Å². The predicted molar refractivity (Wildman–Crippen MR) is 166 cm³/mol. The lowest BCUT2D eigenvalue weighted by atomic mass is 9.77. The van der Waals surface area contributed by atoms with E-state index in [2.05, 4.69) is 13.8 Å². The molecule has 0 saturated heterocycles. The quantitative estimate of drug-likeness (QED) is 0.220. The summed E-state index contributed by atoms with van der Waals surface area (Å²) < 4.78 is 52.8. The minimum absolute atomic E-state index is 0.0361. The molecule has 0 aromatic heterocycles. The fraction of sp³-hybridized carbons (Fsp3) is 0.529. The Morgan fingerprint density at radius 2 is 1.00 bits per heavy atom. The molecule has 0 bridgehead atoms. The third-order valence-corrected chi connectivity index (χ3v) is 9.13. The summed E-state index contributed by atoms with van der Waals surface area (Å²) in [6.07, 6.45) is 14.9. The van der Waals surface area contributed by atoms with Gasteiger partial charge in [0.15, 0.2) is 17.4 Å². The van der Waals surface area contributed by atoms with Crippen LogP contribution < -0.4 is 0 Å². The van der Waals surface area contributed by atoms with E-state index >= 15 is 0 Å². The maximum absolute atomic E-state index is 13.7. The molecule has 8 heteroatoms. The van der Waals surface area contributed by atoms with Gasteiger partial charge in [0.2, 0.25) is 5.29 Å². The minimum atomic E-state index is -2.41. The highest BCUT2D eigenvalue weighted by atomic mass is 35.5. The van der Waals surface area contributed by atoms with Crippen molar-refractivity contribution in [1.29, 1.82) is 0 Å². The van der Waals surface area contributed by atoms with Crippen molar-refractivity contribution in [1.82, 2.24) is 0 Å². The Labute approximate surface area is 254 Å². The monoisotopic (exact) mass is 606 g/mol. The number of halogens is 5. The average Bonchev–Trinajstić information content (AvgIpc) is 3.01. The topological polar surface area (TPSA) is 40.5 Å². The van der Waals surface area contributed by atoms with Crippen LogP contribution in [0.2, 0.25) is 0 Å². The average molecular weight is 607 g/mol. The second-order valence-corrected chi connectivity index (χ2v) is 12.2. The fourth-order valence-electron chi connectivity index (χ4n) is 6.55. The van der Waals surface area contributed by atoms with E-state index in [1.165, 1.54) is 81.9 Å². The van der Waals surface area contributed by atoms with Crippen molar-refractivity contribution >= 4 is 30.4 Å². The van der Waals surface area contributed by atoms with Crippen LogP contribution in [0.5, 0.6) is 0 Å². The van der Waals surface area contributed by atoms with Crippen LogP contribution in [0, 0.1) is 11.8 Å². The Balaban J connectivity index is 0.000000231. The highest BCUT2D eigenvalue weighted by molar-refractivity contribution is 6.51. The van der Waals surface area contributed by atoms with Gasteiger partial charge >= 0.3 is 7.12 Å². The van der Waals surface area contributed by atoms with Crippen LogP contribution in [0.1, 0.15) is 125 Å². The number of hydrogen-bond acceptors (Lipinski definition) is 2. The van der Waals surface area contributed by atoms with Gasteiger partial charge in [0.25, 0.3) is 0 Å². The molecule has 42 heavy (non-hydrogen) atoms. The van der Waals surface area contributed by atoms with Gasteiger partial charge in [0.1, 0.15) is 0 Å². The molecule has 0 aliphatic heterocycles. The summed E-state index contributed by atoms with van der Waals surface area (Å²) in [6.45, 7) is 4.46. The molecule has 2 N–H and O–H groups in total. The molecule has 2 aromatic carbocycles. The molecule has 230 valence electrons. The molecule has 2 nitrogen and oxygen atoms in total. The second kappa shape index (κ2) is 17.3. The Hall–Kier alpha value is -2.09. The summed E-state index contributed by atoms with van der Waals surface area (Å²) in [5.41, 5.74) is 1.07. The first kappa shape index (κ1) is 34.4. The molecular weight excluding hydrogens is 563 g/mol. The molecule has 0 atom stereocenters. The first-order valence-electron chi connectivity index (χ1n) is 15.5. The highest BCUT2D eigenvalue weighted by Crippen LogP contribution is 2.39. The molecule has 0 heterocycles. The summed E-state index contributed by atoms with van der Waals surface area (Å²) in [5, 5.41) is 16.0. The number of hydrogen-bond donors (Lipinski definition) is 2. The van der Waals surface area contributed by atoms with Crippen molar-refractivity contribution < 1.29 is 27.6 Å². The van der Waals surface area contributed by atoms with E-state index < -0.39 is 29.8 Å². The lowest BCUT2D eigenvalue weighted by molar-refractivity contribution is 0.308. The van der Waals surface area contributed by atoms with Gasteiger partial charge in [-0.15, -0.1) is 0 Å². The van der Waals surface area contributed by atoms with Crippen molar-refractivity contribution in [3.05, 3.63) is 81.8 Å². The largest absolute Gasteiger partial charge is 0.521 e. The molecular formula is C34H44BClF4O2. The lowest BCUT2D eigenvalue weighted by Gasteiger charge is -2.28. The van der Waals surface area contributed by atoms with Gasteiger partial charge in [-0.05, 0) is 97.8 Å². The van der Waals surface area contributed by atoms with Crippen molar-refractivity contribution in [3.8, 4) is 0 Å². The van der Waals surface area contributed by atoms with E-state index in [1.807, 2.05) is 24.3 Å². The van der Waals surface area contributed by atoms with E-state index in [-0.39, 0.29) is 11.1 Å². The zero-order valence-corrected chi connectivity index (χ0v) is 25.5. The van der Waals surface area contributed by atoms with Crippen molar-refractivity contribution in [2.75, 3.05) is 0 Å². The van der Waals surface area contributed by atoms with Crippen molar-refractivity contribution in [2.24, 2.45) is 11.8 Å². The van der Waals surface area contributed by atoms with Crippen LogP contribution >= 0.6 is 11.6 Å². The van der Waals surface area contributed by atoms with E-state index in [1.54, 1.807) is 12.1 Å². The van der Waals surface area contributed by atoms with E-state index in [9.17, 15) is 17.6 Å². The maximum atomic E-state index is 13.7. The first-order chi connectivity index (χ1) is 20.1. The maximum Gasteiger partial charge on any atom is 0.521 e. The molecule has 2 aromatic rings. The third-order valence-electron chi connectivity index (χ3n) is 8.96. The molecule has 2 aliphatic rings. The van der Waals surface area contributed by atoms with Gasteiger partial charge in [-0.25, -0.2) is 13.2 Å². The standard InChI is InChI=1S/C17H23BF2O2.C17H21ClF2/c1-2-3-12-4-6-13(7-5-12)14-8-10-15(11-9-14)16(19)17(20)18(21)22;1-2-3-12-4-6-13(7-5-12)14-8-10-15(11-9-14)16(19)17(18)20/h8-13,21-22H,2-7H2,1H3;8-13H,2-7H2,1H3/b2*17-16+. The molecule has 2 aliphatic carbocycles. The summed E-state index contributed by atoms with van der Waals surface area (Å²) in [5.74, 6) is 0.563. The lowest BCUT2D eigenvalue weighted by Crippen LogP contribution is -2.13. The Morgan fingerprint density at radius 1 is 0.643 bits per heavy atom. The van der Waals surface area contributed by atoms with E-state index in [0.717, 1.165) is 30.2 Å². The van der Waals surface area contributed by atoms with Crippen LogP contribution in [0.3, 0.4) is 0 Å². The van der Waals surface area contributed by atoms with Crippen LogP contribution in [-0.4, -0.2) is 17.2 Å². The summed E-state index contributed by atoms with van der Waals surface area (Å²) in [7, 11) is -2.41. The van der Waals surface area contributed by atoms with Crippen LogP contribution in [0.25, 0.3) is 11.7 Å². The predicted octanol–water partition coefficient (Wildman–Crippen LogP) is 10.9. The molecule has 2 fully saturated rings. The summed E-state index contributed by atoms with van der Waals surface area (Å²) in [4.78, 5) is 0. The number of benzene rings is 2. The normalized spacial score (nSPS) is 23.7. The second-order valence-electron chi connectivity index (χ2n) is 11.9. The summed E-state index contributed by atoms with van der Waals surface area (Å²) in [6, 6.07) is 13.7. The molecule has 0 amide bonds. The highest BCUT2D eigenvalue weighted by Gasteiger charge is 2.24. The first-order valence-corrected chi connectivity index (χ1v) is 15.8. The number of rotatable bonds is 9. The molecule has 0 spiro atoms. The Morgan fingerprint density at radius 3 is 1.31 bits per heavy atom. The zero-order chi connectivity index (χ0) is 30.6. The molecule has 0 radical (unpaired) electrons. The van der Waals surface area contributed by atoms with Gasteiger partial charge in [0, 0.05) is 11.1 Å². The third kappa shape index (κ3) is 9.99. The van der Waals surface area contributed by atoms with Gasteiger partial charge < -0.3 is 10.0 Å². The summed E-state index contributed by atoms with van der Waals surface area (Å²) >= 11 is 5.03. The van der Waals surface area contributed by atoms with E-state index in [4.69, 9.17) is 21.6 Å². The molecule has 4 rings (SSSR count). The Kier molecular flexibility index (Phi) is 14.1. The van der Waals surface area contributed by atoms with Crippen molar-refractivity contribution in [3.63, 3.8) is 0 Å². The van der Waals surface area contributed by atoms with Crippen LogP contribution in [-0.2, 0) is 0 Å². The molecule has 2 saturated carbocycles. The Bertz CT molecular complexity index is 1150. The minimum Gasteiger partial charge on any atom is -0.422 e.